The Morgan fingerprint density at radius 3 is 2.70 bits per heavy atom. The number of nitrogens with zero attached hydrogens (tertiary/aromatic N) is 5. The zero-order valence-corrected chi connectivity index (χ0v) is 15.5. The van der Waals surface area contributed by atoms with Crippen LogP contribution in [-0.4, -0.2) is 42.8 Å². The van der Waals surface area contributed by atoms with Crippen LogP contribution in [0.2, 0.25) is 0 Å². The molecule has 1 amide bonds. The summed E-state index contributed by atoms with van der Waals surface area (Å²) in [4.78, 5) is 23.9. The number of carbonyl (C=O) groups is 1. The second-order valence-corrected chi connectivity index (χ2v) is 7.87. The van der Waals surface area contributed by atoms with Gasteiger partial charge in [-0.25, -0.2) is 9.97 Å². The molecule has 3 aromatic rings. The number of piperidine rings is 1. The molecule has 0 bridgehead atoms. The highest BCUT2D eigenvalue weighted by Crippen LogP contribution is 2.31. The number of likely N-dealkylation sites (tertiary alicyclic amines) is 1. The van der Waals surface area contributed by atoms with Crippen molar-refractivity contribution in [1.29, 1.82) is 0 Å². The Bertz CT molecular complexity index is 946. The fourth-order valence-corrected chi connectivity index (χ4v) is 4.38. The Morgan fingerprint density at radius 2 is 1.93 bits per heavy atom. The fourth-order valence-electron chi connectivity index (χ4n) is 4.38. The average molecular weight is 363 g/mol. The van der Waals surface area contributed by atoms with E-state index in [9.17, 15) is 4.79 Å². The minimum absolute atomic E-state index is 0.0740. The third-order valence-corrected chi connectivity index (χ3v) is 6.21. The number of pyridine rings is 1. The Morgan fingerprint density at radius 1 is 1.07 bits per heavy atom. The molecule has 0 aromatic carbocycles. The molecule has 2 fully saturated rings. The van der Waals surface area contributed by atoms with E-state index < -0.39 is 0 Å². The van der Waals surface area contributed by atoms with Crippen molar-refractivity contribution in [3.63, 3.8) is 0 Å². The van der Waals surface area contributed by atoms with E-state index in [0.29, 0.717) is 11.6 Å². The van der Waals surface area contributed by atoms with Crippen molar-refractivity contribution >= 4 is 11.6 Å². The predicted molar refractivity (Wildman–Crippen MR) is 103 cm³/mol. The van der Waals surface area contributed by atoms with Crippen molar-refractivity contribution < 1.29 is 4.79 Å². The maximum atomic E-state index is 13.0. The van der Waals surface area contributed by atoms with Crippen LogP contribution in [-0.2, 0) is 6.54 Å². The molecule has 1 saturated carbocycles. The number of hydrogen-bond acceptors (Lipinski definition) is 3. The van der Waals surface area contributed by atoms with Crippen LogP contribution in [0.4, 0.5) is 0 Å². The van der Waals surface area contributed by atoms with Crippen LogP contribution in [0.15, 0.2) is 43.0 Å². The van der Waals surface area contributed by atoms with Crippen molar-refractivity contribution in [2.75, 3.05) is 13.1 Å². The Balaban J connectivity index is 1.26. The molecule has 3 aromatic heterocycles. The van der Waals surface area contributed by atoms with E-state index in [-0.39, 0.29) is 5.91 Å². The lowest BCUT2D eigenvalue weighted by molar-refractivity contribution is 0.0703. The lowest BCUT2D eigenvalue weighted by Gasteiger charge is -2.33. The monoisotopic (exact) mass is 363 g/mol. The van der Waals surface area contributed by atoms with E-state index in [4.69, 9.17) is 0 Å². The number of amides is 1. The molecule has 0 radical (unpaired) electrons. The summed E-state index contributed by atoms with van der Waals surface area (Å²) in [6, 6.07) is 5.79. The molecule has 1 aliphatic carbocycles. The molecule has 0 N–H and O–H groups in total. The third kappa shape index (κ3) is 3.03. The summed E-state index contributed by atoms with van der Waals surface area (Å²) in [6.07, 6.45) is 13.7. The van der Waals surface area contributed by atoms with Crippen LogP contribution in [0.5, 0.6) is 0 Å². The van der Waals surface area contributed by atoms with E-state index in [1.807, 2.05) is 39.9 Å². The SMILES string of the molecule is O=C(c1cnc2ccccn12)N1CCC(c2nccn2CC2CCC2)CC1. The largest absolute Gasteiger partial charge is 0.337 e. The standard InChI is InChI=1S/C21H25N5O/c27-21(18-14-23-19-6-1-2-10-26(18)19)24-11-7-17(8-12-24)20-22-9-13-25(20)15-16-4-3-5-16/h1-2,6,9-10,13-14,16-17H,3-5,7-8,11-12,15H2. The maximum Gasteiger partial charge on any atom is 0.272 e. The number of aromatic nitrogens is 4. The summed E-state index contributed by atoms with van der Waals surface area (Å²) < 4.78 is 4.23. The molecule has 1 aliphatic heterocycles. The zero-order chi connectivity index (χ0) is 18.2. The first kappa shape index (κ1) is 16.5. The van der Waals surface area contributed by atoms with Crippen LogP contribution in [0.1, 0.15) is 54.3 Å². The minimum atomic E-state index is 0.0740. The lowest BCUT2D eigenvalue weighted by atomic mass is 9.85. The van der Waals surface area contributed by atoms with Gasteiger partial charge in [0.05, 0.1) is 6.20 Å². The third-order valence-electron chi connectivity index (χ3n) is 6.21. The van der Waals surface area contributed by atoms with E-state index in [1.165, 1.54) is 25.1 Å². The molecule has 2 aliphatic rings. The quantitative estimate of drug-likeness (QED) is 0.714. The second-order valence-electron chi connectivity index (χ2n) is 7.87. The lowest BCUT2D eigenvalue weighted by Crippen LogP contribution is -2.39. The van der Waals surface area contributed by atoms with Gasteiger partial charge in [0.2, 0.25) is 0 Å². The molecule has 27 heavy (non-hydrogen) atoms. The smallest absolute Gasteiger partial charge is 0.272 e. The van der Waals surface area contributed by atoms with Gasteiger partial charge >= 0.3 is 0 Å². The van der Waals surface area contributed by atoms with Crippen molar-refractivity contribution in [2.45, 2.75) is 44.6 Å². The summed E-state index contributed by atoms with van der Waals surface area (Å²) in [5.41, 5.74) is 1.46. The van der Waals surface area contributed by atoms with Crippen LogP contribution in [0.3, 0.4) is 0 Å². The first-order valence-corrected chi connectivity index (χ1v) is 10.0. The van der Waals surface area contributed by atoms with Gasteiger partial charge in [0.25, 0.3) is 5.91 Å². The van der Waals surface area contributed by atoms with Gasteiger partial charge < -0.3 is 9.47 Å². The Hall–Kier alpha value is -2.63. The van der Waals surface area contributed by atoms with Gasteiger partial charge in [0.1, 0.15) is 17.2 Å². The zero-order valence-electron chi connectivity index (χ0n) is 15.5. The molecule has 6 nitrogen and oxygen atoms in total. The van der Waals surface area contributed by atoms with Crippen LogP contribution in [0, 0.1) is 5.92 Å². The maximum absolute atomic E-state index is 13.0. The van der Waals surface area contributed by atoms with E-state index in [0.717, 1.165) is 44.0 Å². The van der Waals surface area contributed by atoms with Crippen molar-refractivity contribution in [3.05, 3.63) is 54.5 Å². The Labute approximate surface area is 158 Å². The van der Waals surface area contributed by atoms with E-state index >= 15 is 0 Å². The number of imidazole rings is 2. The molecule has 0 atom stereocenters. The highest BCUT2D eigenvalue weighted by molar-refractivity contribution is 5.93. The van der Waals surface area contributed by atoms with Crippen molar-refractivity contribution in [3.8, 4) is 0 Å². The molecule has 0 unspecified atom stereocenters. The molecular weight excluding hydrogens is 338 g/mol. The summed E-state index contributed by atoms with van der Waals surface area (Å²) in [6.45, 7) is 2.66. The normalized spacial score (nSPS) is 18.7. The van der Waals surface area contributed by atoms with Gasteiger partial charge in [-0.05, 0) is 43.7 Å². The van der Waals surface area contributed by atoms with Gasteiger partial charge in [-0.1, -0.05) is 12.5 Å². The highest BCUT2D eigenvalue weighted by atomic mass is 16.2. The van der Waals surface area contributed by atoms with Crippen molar-refractivity contribution in [2.24, 2.45) is 5.92 Å². The predicted octanol–water partition coefficient (Wildman–Crippen LogP) is 3.35. The molecule has 4 heterocycles. The summed E-state index contributed by atoms with van der Waals surface area (Å²) in [5.74, 6) is 2.56. The van der Waals surface area contributed by atoms with Crippen molar-refractivity contribution in [1.82, 2.24) is 23.8 Å². The van der Waals surface area contributed by atoms with Crippen LogP contribution in [0.25, 0.3) is 5.65 Å². The van der Waals surface area contributed by atoms with Crippen LogP contribution < -0.4 is 0 Å². The average Bonchev–Trinajstić information content (AvgIpc) is 3.31. The first-order valence-electron chi connectivity index (χ1n) is 10.0. The number of carbonyl (C=O) groups excluding carboxylic acids is 1. The van der Waals surface area contributed by atoms with Gasteiger partial charge in [-0.3, -0.25) is 9.20 Å². The number of hydrogen-bond donors (Lipinski definition) is 0. The molecule has 0 spiro atoms. The topological polar surface area (TPSA) is 55.4 Å². The number of rotatable bonds is 4. The fraction of sp³-hybridized carbons (Fsp3) is 0.476. The second kappa shape index (κ2) is 6.83. The van der Waals surface area contributed by atoms with E-state index in [2.05, 4.69) is 20.7 Å². The van der Waals surface area contributed by atoms with Gasteiger partial charge in [-0.15, -0.1) is 0 Å². The molecule has 140 valence electrons. The summed E-state index contributed by atoms with van der Waals surface area (Å²) in [7, 11) is 0. The summed E-state index contributed by atoms with van der Waals surface area (Å²) >= 11 is 0. The number of fused-ring (bicyclic) bond motifs is 1. The molecule has 1 saturated heterocycles. The summed E-state index contributed by atoms with van der Waals surface area (Å²) in [5, 5.41) is 0. The minimum Gasteiger partial charge on any atom is -0.337 e. The van der Waals surface area contributed by atoms with Gasteiger partial charge in [-0.2, -0.15) is 0 Å². The highest BCUT2D eigenvalue weighted by Gasteiger charge is 2.29. The van der Waals surface area contributed by atoms with Crippen LogP contribution >= 0.6 is 0 Å². The van der Waals surface area contributed by atoms with Gasteiger partial charge in [0.15, 0.2) is 0 Å². The molecule has 5 rings (SSSR count). The Kier molecular flexibility index (Phi) is 4.19. The first-order chi connectivity index (χ1) is 13.3. The van der Waals surface area contributed by atoms with E-state index in [1.54, 1.807) is 6.20 Å². The molecule has 6 heteroatoms. The van der Waals surface area contributed by atoms with Gasteiger partial charge in [0, 0.05) is 44.1 Å². The molecular formula is C21H25N5O.